The minimum absolute atomic E-state index is 0.208. The summed E-state index contributed by atoms with van der Waals surface area (Å²) in [6.07, 6.45) is 3.85. The fourth-order valence-corrected chi connectivity index (χ4v) is 1.84. The number of aromatic nitrogens is 1. The number of rotatable bonds is 5. The largest absolute Gasteiger partial charge is 0.465 e. The van der Waals surface area contributed by atoms with Crippen molar-refractivity contribution in [2.24, 2.45) is 0 Å². The number of hydrogen-bond acceptors (Lipinski definition) is 5. The maximum Gasteiger partial charge on any atom is 0.325 e. The Labute approximate surface area is 107 Å². The summed E-state index contributed by atoms with van der Waals surface area (Å²) < 4.78 is 4.99. The van der Waals surface area contributed by atoms with Crippen LogP contribution in [0.25, 0.3) is 0 Å². The topological polar surface area (TPSA) is 68.5 Å². The quantitative estimate of drug-likeness (QED) is 0.801. The van der Waals surface area contributed by atoms with E-state index in [1.807, 2.05) is 24.8 Å². The lowest BCUT2D eigenvalue weighted by atomic mass is 10.2. The van der Waals surface area contributed by atoms with Gasteiger partial charge in [-0.3, -0.25) is 4.79 Å². The first-order valence-electron chi connectivity index (χ1n) is 6.26. The highest BCUT2D eigenvalue weighted by Gasteiger charge is 2.31. The van der Waals surface area contributed by atoms with E-state index in [9.17, 15) is 4.79 Å². The first kappa shape index (κ1) is 12.7. The van der Waals surface area contributed by atoms with Crippen molar-refractivity contribution in [3.05, 3.63) is 17.8 Å². The molecule has 1 aliphatic carbocycles. The third-order valence-electron chi connectivity index (χ3n) is 3.02. The third-order valence-corrected chi connectivity index (χ3v) is 3.02. The van der Waals surface area contributed by atoms with Crippen molar-refractivity contribution < 1.29 is 9.53 Å². The molecule has 5 nitrogen and oxygen atoms in total. The second kappa shape index (κ2) is 5.25. The van der Waals surface area contributed by atoms with E-state index in [-0.39, 0.29) is 12.5 Å². The summed E-state index contributed by atoms with van der Waals surface area (Å²) in [5.74, 6) is 0.595. The molecule has 0 amide bonds. The maximum absolute atomic E-state index is 11.6. The lowest BCUT2D eigenvalue weighted by Crippen LogP contribution is -2.33. The Kier molecular flexibility index (Phi) is 3.69. The molecule has 1 aliphatic rings. The van der Waals surface area contributed by atoms with Crippen molar-refractivity contribution in [1.82, 2.24) is 4.98 Å². The molecule has 0 spiro atoms. The van der Waals surface area contributed by atoms with Crippen molar-refractivity contribution in [2.45, 2.75) is 32.7 Å². The zero-order valence-corrected chi connectivity index (χ0v) is 10.8. The molecular formula is C13H19N3O2. The van der Waals surface area contributed by atoms with Gasteiger partial charge in [-0.2, -0.15) is 0 Å². The van der Waals surface area contributed by atoms with Gasteiger partial charge in [-0.15, -0.1) is 0 Å². The molecule has 1 aromatic rings. The standard InChI is InChI=1S/C13H19N3O2/c1-3-18-13(17)8-16(10-4-5-10)12-6-9(2)11(14)7-15-12/h6-7,10H,3-5,8,14H2,1-2H3. The van der Waals surface area contributed by atoms with Crippen molar-refractivity contribution in [1.29, 1.82) is 0 Å². The predicted molar refractivity (Wildman–Crippen MR) is 70.4 cm³/mol. The monoisotopic (exact) mass is 249 g/mol. The average Bonchev–Trinajstić information content (AvgIpc) is 3.14. The van der Waals surface area contributed by atoms with Crippen LogP contribution in [0.15, 0.2) is 12.3 Å². The molecule has 2 rings (SSSR count). The smallest absolute Gasteiger partial charge is 0.325 e. The molecule has 0 unspecified atom stereocenters. The molecule has 5 heteroatoms. The Bertz CT molecular complexity index is 444. The Balaban J connectivity index is 2.14. The minimum Gasteiger partial charge on any atom is -0.465 e. The van der Waals surface area contributed by atoms with Gasteiger partial charge in [-0.05, 0) is 38.3 Å². The van der Waals surface area contributed by atoms with Crippen LogP contribution < -0.4 is 10.6 Å². The predicted octanol–water partition coefficient (Wildman–Crippen LogP) is 1.50. The molecule has 1 aromatic heterocycles. The highest BCUT2D eigenvalue weighted by Crippen LogP contribution is 2.31. The van der Waals surface area contributed by atoms with Crippen LogP contribution >= 0.6 is 0 Å². The normalized spacial score (nSPS) is 14.3. The Morgan fingerprint density at radius 2 is 2.33 bits per heavy atom. The molecule has 0 aliphatic heterocycles. The van der Waals surface area contributed by atoms with Crippen LogP contribution in [0.1, 0.15) is 25.3 Å². The van der Waals surface area contributed by atoms with Gasteiger partial charge in [0.15, 0.2) is 0 Å². The molecule has 0 saturated heterocycles. The van der Waals surface area contributed by atoms with Crippen LogP contribution in [0.3, 0.4) is 0 Å². The average molecular weight is 249 g/mol. The van der Waals surface area contributed by atoms with E-state index >= 15 is 0 Å². The highest BCUT2D eigenvalue weighted by molar-refractivity contribution is 5.76. The van der Waals surface area contributed by atoms with Gasteiger partial charge in [0.2, 0.25) is 0 Å². The van der Waals surface area contributed by atoms with Gasteiger partial charge in [0, 0.05) is 6.04 Å². The van der Waals surface area contributed by atoms with Crippen molar-refractivity contribution in [3.8, 4) is 0 Å². The number of pyridine rings is 1. The molecule has 18 heavy (non-hydrogen) atoms. The van der Waals surface area contributed by atoms with Gasteiger partial charge in [0.05, 0.1) is 18.5 Å². The summed E-state index contributed by atoms with van der Waals surface area (Å²) in [6.45, 7) is 4.42. The summed E-state index contributed by atoms with van der Waals surface area (Å²) in [5, 5.41) is 0. The molecular weight excluding hydrogens is 230 g/mol. The number of nitrogens with zero attached hydrogens (tertiary/aromatic N) is 2. The van der Waals surface area contributed by atoms with Gasteiger partial charge in [-0.1, -0.05) is 0 Å². The summed E-state index contributed by atoms with van der Waals surface area (Å²) in [4.78, 5) is 17.9. The Morgan fingerprint density at radius 3 is 2.89 bits per heavy atom. The van der Waals surface area contributed by atoms with Crippen LogP contribution in [0.2, 0.25) is 0 Å². The number of aryl methyl sites for hydroxylation is 1. The first-order chi connectivity index (χ1) is 8.61. The lowest BCUT2D eigenvalue weighted by molar-refractivity contribution is -0.141. The SMILES string of the molecule is CCOC(=O)CN(c1cc(C)c(N)cn1)C1CC1. The van der Waals surface area contributed by atoms with Crippen LogP contribution in [0, 0.1) is 6.92 Å². The van der Waals surface area contributed by atoms with E-state index in [4.69, 9.17) is 10.5 Å². The third kappa shape index (κ3) is 2.91. The van der Waals surface area contributed by atoms with E-state index in [0.29, 0.717) is 18.3 Å². The fraction of sp³-hybridized carbons (Fsp3) is 0.538. The molecule has 0 aromatic carbocycles. The molecule has 1 saturated carbocycles. The van der Waals surface area contributed by atoms with E-state index in [1.54, 1.807) is 6.20 Å². The number of nitrogen functional groups attached to an aromatic ring is 1. The molecule has 98 valence electrons. The van der Waals surface area contributed by atoms with E-state index in [0.717, 1.165) is 24.2 Å². The first-order valence-corrected chi connectivity index (χ1v) is 6.26. The van der Waals surface area contributed by atoms with E-state index in [2.05, 4.69) is 4.98 Å². The van der Waals surface area contributed by atoms with Gasteiger partial charge in [0.1, 0.15) is 12.4 Å². The van der Waals surface area contributed by atoms with Crippen molar-refractivity contribution >= 4 is 17.5 Å². The Hall–Kier alpha value is -1.78. The van der Waals surface area contributed by atoms with Crippen LogP contribution in [-0.2, 0) is 9.53 Å². The fourth-order valence-electron chi connectivity index (χ4n) is 1.84. The number of carbonyl (C=O) groups is 1. The molecule has 1 heterocycles. The molecule has 1 fully saturated rings. The summed E-state index contributed by atoms with van der Waals surface area (Å²) in [6, 6.07) is 2.33. The summed E-state index contributed by atoms with van der Waals surface area (Å²) in [7, 11) is 0. The lowest BCUT2D eigenvalue weighted by Gasteiger charge is -2.22. The van der Waals surface area contributed by atoms with Crippen LogP contribution in [0.4, 0.5) is 11.5 Å². The zero-order valence-electron chi connectivity index (χ0n) is 10.8. The second-order valence-corrected chi connectivity index (χ2v) is 4.56. The number of hydrogen-bond donors (Lipinski definition) is 1. The number of nitrogens with two attached hydrogens (primary N) is 1. The minimum atomic E-state index is -0.208. The maximum atomic E-state index is 11.6. The molecule has 0 radical (unpaired) electrons. The van der Waals surface area contributed by atoms with Crippen molar-refractivity contribution in [2.75, 3.05) is 23.8 Å². The highest BCUT2D eigenvalue weighted by atomic mass is 16.5. The summed E-state index contributed by atoms with van der Waals surface area (Å²) in [5.41, 5.74) is 7.41. The summed E-state index contributed by atoms with van der Waals surface area (Å²) >= 11 is 0. The molecule has 0 bridgehead atoms. The number of carbonyl (C=O) groups excluding carboxylic acids is 1. The Morgan fingerprint density at radius 1 is 1.61 bits per heavy atom. The van der Waals surface area contributed by atoms with Crippen LogP contribution in [-0.4, -0.2) is 30.1 Å². The number of ether oxygens (including phenoxy) is 1. The van der Waals surface area contributed by atoms with E-state index < -0.39 is 0 Å². The molecule has 2 N–H and O–H groups in total. The van der Waals surface area contributed by atoms with E-state index in [1.165, 1.54) is 0 Å². The second-order valence-electron chi connectivity index (χ2n) is 4.56. The zero-order chi connectivity index (χ0) is 13.1. The van der Waals surface area contributed by atoms with Gasteiger partial charge in [-0.25, -0.2) is 4.98 Å². The van der Waals surface area contributed by atoms with Gasteiger partial charge in [0.25, 0.3) is 0 Å². The van der Waals surface area contributed by atoms with Gasteiger partial charge >= 0.3 is 5.97 Å². The van der Waals surface area contributed by atoms with Gasteiger partial charge < -0.3 is 15.4 Å². The molecule has 0 atom stereocenters. The number of esters is 1. The number of anilines is 2. The van der Waals surface area contributed by atoms with Crippen molar-refractivity contribution in [3.63, 3.8) is 0 Å². The van der Waals surface area contributed by atoms with Crippen LogP contribution in [0.5, 0.6) is 0 Å².